The lowest BCUT2D eigenvalue weighted by Crippen LogP contribution is -2.28. The van der Waals surface area contributed by atoms with E-state index in [1.807, 2.05) is 45.0 Å². The predicted octanol–water partition coefficient (Wildman–Crippen LogP) is 3.80. The van der Waals surface area contributed by atoms with E-state index in [-0.39, 0.29) is 12.8 Å². The minimum absolute atomic E-state index is 0.228. The molecular weight excluding hydrogens is 268 g/mol. The van der Waals surface area contributed by atoms with Gasteiger partial charge in [0.15, 0.2) is 6.79 Å². The normalized spacial score (nSPS) is 13.3. The zero-order valence-electron chi connectivity index (χ0n) is 13.3. The summed E-state index contributed by atoms with van der Waals surface area (Å²) in [6.45, 7) is 11.9. The predicted molar refractivity (Wildman–Crippen MR) is 82.1 cm³/mol. The van der Waals surface area contributed by atoms with E-state index in [1.54, 1.807) is 6.92 Å². The fourth-order valence-corrected chi connectivity index (χ4v) is 1.72. The Bertz CT molecular complexity index is 478. The second kappa shape index (κ2) is 7.84. The molecule has 0 heterocycles. The minimum atomic E-state index is -0.672. The van der Waals surface area contributed by atoms with E-state index in [0.29, 0.717) is 18.6 Å². The number of hydrogen-bond acceptors (Lipinski definition) is 4. The van der Waals surface area contributed by atoms with Gasteiger partial charge in [0.25, 0.3) is 0 Å². The maximum Gasteiger partial charge on any atom is 0.333 e. The minimum Gasteiger partial charge on any atom is -0.468 e. The Kier molecular flexibility index (Phi) is 6.43. The molecule has 0 aliphatic heterocycles. The molecule has 0 saturated carbocycles. The van der Waals surface area contributed by atoms with E-state index in [1.165, 1.54) is 0 Å². The highest BCUT2D eigenvalue weighted by atomic mass is 16.7. The van der Waals surface area contributed by atoms with Crippen LogP contribution in [0.5, 0.6) is 5.75 Å². The molecule has 4 heteroatoms. The highest BCUT2D eigenvalue weighted by Gasteiger charge is 2.29. The lowest BCUT2D eigenvalue weighted by Gasteiger charge is -2.29. The molecule has 1 rings (SSSR count). The van der Waals surface area contributed by atoms with E-state index in [0.717, 1.165) is 11.3 Å². The van der Waals surface area contributed by atoms with Crippen LogP contribution in [0.1, 0.15) is 39.7 Å². The number of benzene rings is 1. The molecule has 0 spiro atoms. The van der Waals surface area contributed by atoms with Crippen molar-refractivity contribution >= 4 is 5.97 Å². The molecule has 21 heavy (non-hydrogen) atoms. The van der Waals surface area contributed by atoms with Gasteiger partial charge < -0.3 is 14.2 Å². The molecule has 1 aromatic carbocycles. The topological polar surface area (TPSA) is 44.8 Å². The largest absolute Gasteiger partial charge is 0.468 e. The summed E-state index contributed by atoms with van der Waals surface area (Å²) in [7, 11) is 0. The molecule has 0 aliphatic rings. The average Bonchev–Trinajstić information content (AvgIpc) is 2.48. The second-order valence-electron chi connectivity index (χ2n) is 5.03. The van der Waals surface area contributed by atoms with Crippen LogP contribution in [-0.4, -0.2) is 19.4 Å². The Balaban J connectivity index is 2.81. The van der Waals surface area contributed by atoms with Crippen LogP contribution in [0.3, 0.4) is 0 Å². The van der Waals surface area contributed by atoms with Crippen molar-refractivity contribution in [1.82, 2.24) is 0 Å². The van der Waals surface area contributed by atoms with Crippen LogP contribution in [0.4, 0.5) is 0 Å². The molecule has 0 aromatic heterocycles. The zero-order chi connectivity index (χ0) is 15.9. The fraction of sp³-hybridized carbons (Fsp3) is 0.471. The number of carbonyl (C=O) groups is 1. The third kappa shape index (κ3) is 4.90. The first kappa shape index (κ1) is 17.2. The first-order chi connectivity index (χ1) is 9.92. The fourth-order valence-electron chi connectivity index (χ4n) is 1.72. The SMILES string of the molecule is C=C(C)C(=O)OC(C)(CC)c1ccc(OCOCC)cc1. The first-order valence-electron chi connectivity index (χ1n) is 7.13. The van der Waals surface area contributed by atoms with Gasteiger partial charge in [0.1, 0.15) is 11.4 Å². The third-order valence-corrected chi connectivity index (χ3v) is 3.32. The lowest BCUT2D eigenvalue weighted by atomic mass is 9.93. The average molecular weight is 292 g/mol. The molecule has 0 fully saturated rings. The standard InChI is InChI=1S/C17H24O4/c1-6-17(5,21-16(18)13(3)4)14-8-10-15(11-9-14)20-12-19-7-2/h8-11H,3,6-7,12H2,1-2,4-5H3. The van der Waals surface area contributed by atoms with Crippen molar-refractivity contribution in [3.8, 4) is 5.75 Å². The third-order valence-electron chi connectivity index (χ3n) is 3.32. The van der Waals surface area contributed by atoms with Crippen LogP contribution >= 0.6 is 0 Å². The van der Waals surface area contributed by atoms with Crippen molar-refractivity contribution in [2.24, 2.45) is 0 Å². The summed E-state index contributed by atoms with van der Waals surface area (Å²) in [5.74, 6) is 0.341. The lowest BCUT2D eigenvalue weighted by molar-refractivity contribution is -0.154. The summed E-state index contributed by atoms with van der Waals surface area (Å²) in [6.07, 6.45) is 0.672. The molecule has 0 aliphatic carbocycles. The molecule has 1 atom stereocenters. The zero-order valence-corrected chi connectivity index (χ0v) is 13.3. The van der Waals surface area contributed by atoms with Gasteiger partial charge >= 0.3 is 5.97 Å². The van der Waals surface area contributed by atoms with Crippen LogP contribution in [0, 0.1) is 0 Å². The van der Waals surface area contributed by atoms with Crippen LogP contribution in [0.2, 0.25) is 0 Å². The molecule has 1 unspecified atom stereocenters. The number of esters is 1. The molecule has 0 saturated heterocycles. The van der Waals surface area contributed by atoms with E-state index in [2.05, 4.69) is 6.58 Å². The Labute approximate surface area is 126 Å². The maximum absolute atomic E-state index is 11.8. The molecule has 0 bridgehead atoms. The van der Waals surface area contributed by atoms with E-state index < -0.39 is 5.60 Å². The van der Waals surface area contributed by atoms with E-state index >= 15 is 0 Å². The van der Waals surface area contributed by atoms with Crippen molar-refractivity contribution in [3.63, 3.8) is 0 Å². The van der Waals surface area contributed by atoms with Crippen molar-refractivity contribution in [1.29, 1.82) is 0 Å². The molecular formula is C17H24O4. The molecule has 116 valence electrons. The summed E-state index contributed by atoms with van der Waals surface area (Å²) in [6, 6.07) is 7.49. The second-order valence-corrected chi connectivity index (χ2v) is 5.03. The first-order valence-corrected chi connectivity index (χ1v) is 7.13. The van der Waals surface area contributed by atoms with Gasteiger partial charge in [0.2, 0.25) is 0 Å². The number of hydrogen-bond donors (Lipinski definition) is 0. The van der Waals surface area contributed by atoms with Gasteiger partial charge in [-0.05, 0) is 44.9 Å². The van der Waals surface area contributed by atoms with E-state index in [4.69, 9.17) is 14.2 Å². The van der Waals surface area contributed by atoms with Crippen molar-refractivity contribution < 1.29 is 19.0 Å². The van der Waals surface area contributed by atoms with Crippen molar-refractivity contribution in [2.75, 3.05) is 13.4 Å². The van der Waals surface area contributed by atoms with E-state index in [9.17, 15) is 4.79 Å². The molecule has 1 aromatic rings. The number of ether oxygens (including phenoxy) is 3. The summed E-state index contributed by atoms with van der Waals surface area (Å²) in [5, 5.41) is 0. The maximum atomic E-state index is 11.8. The molecule has 0 radical (unpaired) electrons. The molecule has 4 nitrogen and oxygen atoms in total. The molecule has 0 N–H and O–H groups in total. The summed E-state index contributed by atoms with van der Waals surface area (Å²) >= 11 is 0. The Hall–Kier alpha value is -1.81. The van der Waals surface area contributed by atoms with Gasteiger partial charge in [0, 0.05) is 12.2 Å². The van der Waals surface area contributed by atoms with Crippen LogP contribution in [0.25, 0.3) is 0 Å². The number of carbonyl (C=O) groups excluding carboxylic acids is 1. The van der Waals surface area contributed by atoms with Crippen molar-refractivity contribution in [3.05, 3.63) is 42.0 Å². The van der Waals surface area contributed by atoms with Crippen LogP contribution in [0.15, 0.2) is 36.4 Å². The quantitative estimate of drug-likeness (QED) is 0.316. The highest BCUT2D eigenvalue weighted by Crippen LogP contribution is 2.31. The van der Waals surface area contributed by atoms with Gasteiger partial charge in [-0.15, -0.1) is 0 Å². The Morgan fingerprint density at radius 3 is 2.33 bits per heavy atom. The van der Waals surface area contributed by atoms with Gasteiger partial charge in [0.05, 0.1) is 0 Å². The highest BCUT2D eigenvalue weighted by molar-refractivity contribution is 5.87. The monoisotopic (exact) mass is 292 g/mol. The van der Waals surface area contributed by atoms with Crippen molar-refractivity contribution in [2.45, 2.75) is 39.7 Å². The number of rotatable bonds is 8. The van der Waals surface area contributed by atoms with Crippen LogP contribution < -0.4 is 4.74 Å². The van der Waals surface area contributed by atoms with Gasteiger partial charge in [-0.25, -0.2) is 4.79 Å². The smallest absolute Gasteiger partial charge is 0.333 e. The van der Waals surface area contributed by atoms with Gasteiger partial charge in [-0.1, -0.05) is 25.6 Å². The summed E-state index contributed by atoms with van der Waals surface area (Å²) in [4.78, 5) is 11.8. The Morgan fingerprint density at radius 2 is 1.86 bits per heavy atom. The molecule has 0 amide bonds. The van der Waals surface area contributed by atoms with Gasteiger partial charge in [-0.3, -0.25) is 0 Å². The van der Waals surface area contributed by atoms with Crippen LogP contribution in [-0.2, 0) is 19.9 Å². The van der Waals surface area contributed by atoms with Gasteiger partial charge in [-0.2, -0.15) is 0 Å². The summed E-state index contributed by atoms with van der Waals surface area (Å²) < 4.78 is 16.1. The Morgan fingerprint density at radius 1 is 1.24 bits per heavy atom. The summed E-state index contributed by atoms with van der Waals surface area (Å²) in [5.41, 5.74) is 0.642.